The molecule has 10 atom stereocenters. The molecule has 0 spiro atoms. The maximum Gasteiger partial charge on any atom is 0.317 e. The zero-order valence-corrected chi connectivity index (χ0v) is 40.6. The Morgan fingerprint density at radius 2 is 1.52 bits per heavy atom. The van der Waals surface area contributed by atoms with Gasteiger partial charge in [-0.3, -0.25) is 19.2 Å². The van der Waals surface area contributed by atoms with Crippen LogP contribution in [0.25, 0.3) is 0 Å². The Morgan fingerprint density at radius 1 is 0.902 bits per heavy atom. The molecule has 0 radical (unpaired) electrons. The van der Waals surface area contributed by atoms with Gasteiger partial charge in [-0.25, -0.2) is 4.79 Å². The first-order valence-electron chi connectivity index (χ1n) is 22.2. The zero-order valence-electron chi connectivity index (χ0n) is 39.6. The number of carbonyl (C=O) groups excluding carboxylic acids is 5. The van der Waals surface area contributed by atoms with Crippen molar-refractivity contribution in [2.24, 2.45) is 23.7 Å². The summed E-state index contributed by atoms with van der Waals surface area (Å²) in [6.07, 6.45) is 0.451. The number of nitrogens with zero attached hydrogens (tertiary/aromatic N) is 3. The van der Waals surface area contributed by atoms with Crippen molar-refractivity contribution in [1.29, 1.82) is 0 Å². The number of benzene rings is 1. The molecule has 348 valence electrons. The molecule has 61 heavy (non-hydrogen) atoms. The van der Waals surface area contributed by atoms with Crippen LogP contribution < -0.4 is 16.0 Å². The number of likely N-dealkylation sites (N-methyl/N-ethyl adjacent to an activating group) is 2. The number of rotatable bonds is 24. The smallest absolute Gasteiger partial charge is 0.317 e. The zero-order chi connectivity index (χ0) is 46.4. The second-order valence-corrected chi connectivity index (χ2v) is 22.5. The summed E-state index contributed by atoms with van der Waals surface area (Å²) < 4.78 is 12.0. The summed E-state index contributed by atoms with van der Waals surface area (Å²) >= 11 is 0. The molecule has 1 aliphatic heterocycles. The number of hydrogen-bond acceptors (Lipinski definition) is 9. The Labute approximate surface area is 367 Å². The number of aliphatic hydroxyl groups excluding tert-OH is 1. The number of hydrogen-bond donors (Lipinski definition) is 5. The van der Waals surface area contributed by atoms with Crippen LogP contribution in [-0.2, 0) is 28.7 Å². The highest BCUT2D eigenvalue weighted by Gasteiger charge is 2.43. The lowest BCUT2D eigenvalue weighted by Gasteiger charge is -2.41. The molecular weight excluding hydrogens is 797 g/mol. The Balaban J connectivity index is 2.25. The quantitative estimate of drug-likeness (QED) is 0.0734. The van der Waals surface area contributed by atoms with Gasteiger partial charge in [-0.15, -0.1) is 0 Å². The van der Waals surface area contributed by atoms with Gasteiger partial charge in [0, 0.05) is 41.4 Å². The van der Waals surface area contributed by atoms with Crippen molar-refractivity contribution >= 4 is 38.0 Å². The van der Waals surface area contributed by atoms with E-state index in [2.05, 4.69) is 16.0 Å². The van der Waals surface area contributed by atoms with Crippen LogP contribution in [0.3, 0.4) is 0 Å². The summed E-state index contributed by atoms with van der Waals surface area (Å²) in [6, 6.07) is 6.10. The van der Waals surface area contributed by atoms with Gasteiger partial charge in [0.1, 0.15) is 12.1 Å². The van der Waals surface area contributed by atoms with E-state index in [1.165, 1.54) is 19.1 Å². The van der Waals surface area contributed by atoms with Crippen LogP contribution in [0.2, 0.25) is 19.1 Å². The second-order valence-electron chi connectivity index (χ2n) is 18.4. The summed E-state index contributed by atoms with van der Waals surface area (Å²) in [5.41, 5.74) is 0.695. The Hall–Kier alpha value is -3.57. The summed E-state index contributed by atoms with van der Waals surface area (Å²) in [5.74, 6) is -2.56. The lowest BCUT2D eigenvalue weighted by atomic mass is 9.89. The van der Waals surface area contributed by atoms with Crippen molar-refractivity contribution < 1.29 is 43.3 Å². The lowest BCUT2D eigenvalue weighted by Crippen LogP contribution is -2.61. The van der Waals surface area contributed by atoms with Crippen molar-refractivity contribution in [2.75, 3.05) is 41.4 Å². The molecule has 5 N–H and O–H groups in total. The maximum atomic E-state index is 14.5. The summed E-state index contributed by atoms with van der Waals surface area (Å²) in [4.78, 5) is 84.3. The van der Waals surface area contributed by atoms with Gasteiger partial charge in [0.05, 0.1) is 48.8 Å². The average molecular weight is 877 g/mol. The molecule has 1 heterocycles. The van der Waals surface area contributed by atoms with Gasteiger partial charge in [-0.2, -0.15) is 0 Å². The molecule has 1 saturated heterocycles. The third kappa shape index (κ3) is 15.3. The highest BCUT2D eigenvalue weighted by molar-refractivity contribution is 6.69. The number of urea groups is 1. The molecular formula is C45H80N6O9Si. The number of ether oxygens (including phenoxy) is 2. The van der Waals surface area contributed by atoms with Crippen LogP contribution >= 0.6 is 0 Å². The standard InChI is InChI=1S/C45H80N6O9Si/c1-15-30(6)39(49(9)44(56)37(28(2)3)48-43(55)38(29(4)5)50(10)45(57)46-24-20-26-61(13,14)58)35(59-11)27-36(52)51-25-19-23-34(51)41(60-12)31(7)42(54)47-32(8)40(53)33-21-17-16-18-22-33/h16-18,21-22,28-32,34-35,37-41,53,58H,15,19-20,23-27H2,1-14H3,(H,46,57)(H,47,54)(H,48,55)/t30-,31+,32+,34-,35+,37-,38-,39-,40+,41-/m0/s1. The van der Waals surface area contributed by atoms with E-state index in [1.807, 2.05) is 85.0 Å². The molecule has 0 aliphatic carbocycles. The number of nitrogens with one attached hydrogen (secondary N) is 3. The van der Waals surface area contributed by atoms with Gasteiger partial charge in [0.15, 0.2) is 8.32 Å². The van der Waals surface area contributed by atoms with E-state index in [-0.39, 0.29) is 47.9 Å². The van der Waals surface area contributed by atoms with Crippen LogP contribution in [0.15, 0.2) is 30.3 Å². The van der Waals surface area contributed by atoms with E-state index in [0.29, 0.717) is 44.0 Å². The molecule has 1 aromatic carbocycles. The van der Waals surface area contributed by atoms with Crippen LogP contribution in [0.1, 0.15) is 99.2 Å². The molecule has 0 unspecified atom stereocenters. The Bertz CT molecular complexity index is 1550. The van der Waals surface area contributed by atoms with E-state index in [9.17, 15) is 33.9 Å². The first kappa shape index (κ1) is 53.6. The first-order valence-corrected chi connectivity index (χ1v) is 25.4. The molecule has 0 saturated carbocycles. The van der Waals surface area contributed by atoms with Crippen LogP contribution in [-0.4, -0.2) is 146 Å². The number of carbonyl (C=O) groups is 5. The minimum Gasteiger partial charge on any atom is -0.432 e. The van der Waals surface area contributed by atoms with Crippen molar-refractivity contribution in [3.8, 4) is 0 Å². The van der Waals surface area contributed by atoms with Gasteiger partial charge in [0.25, 0.3) is 0 Å². The van der Waals surface area contributed by atoms with Gasteiger partial charge in [-0.1, -0.05) is 85.2 Å². The molecule has 0 bridgehead atoms. The van der Waals surface area contributed by atoms with E-state index < -0.39 is 68.7 Å². The normalized spacial score (nSPS) is 18.9. The molecule has 0 aromatic heterocycles. The van der Waals surface area contributed by atoms with E-state index >= 15 is 0 Å². The molecule has 2 rings (SSSR count). The predicted octanol–water partition coefficient (Wildman–Crippen LogP) is 4.54. The van der Waals surface area contributed by atoms with E-state index in [0.717, 1.165) is 6.42 Å². The fraction of sp³-hybridized carbons (Fsp3) is 0.756. The Kier molecular flexibility index (Phi) is 21.9. The fourth-order valence-electron chi connectivity index (χ4n) is 8.54. The molecule has 1 aromatic rings. The van der Waals surface area contributed by atoms with Gasteiger partial charge >= 0.3 is 6.03 Å². The summed E-state index contributed by atoms with van der Waals surface area (Å²) in [5, 5.41) is 19.6. The summed E-state index contributed by atoms with van der Waals surface area (Å²) in [6.45, 7) is 19.5. The van der Waals surface area contributed by atoms with E-state index in [4.69, 9.17) is 9.47 Å². The molecule has 16 heteroatoms. The lowest BCUT2D eigenvalue weighted by molar-refractivity contribution is -0.148. The van der Waals surface area contributed by atoms with Crippen LogP contribution in [0.5, 0.6) is 0 Å². The largest absolute Gasteiger partial charge is 0.432 e. The number of likely N-dealkylation sites (tertiary alicyclic amines) is 1. The molecule has 1 fully saturated rings. The third-order valence-electron chi connectivity index (χ3n) is 12.4. The SMILES string of the molecule is CC[C@H](C)[C@@H]([C@@H](CC(=O)N1CCC[C@H]1[C@@H](OC)[C@@H](C)C(=O)N[C@H](C)[C@@H](O)c1ccccc1)OC)N(C)C(=O)[C@@H](NC(=O)[C@H](C(C)C)N(C)C(=O)NCCC[Si](C)(C)O)C(C)C. The van der Waals surface area contributed by atoms with Crippen LogP contribution in [0.4, 0.5) is 4.79 Å². The number of methoxy groups -OCH3 is 2. The monoisotopic (exact) mass is 877 g/mol. The number of amides is 6. The van der Waals surface area contributed by atoms with Crippen molar-refractivity contribution in [3.63, 3.8) is 0 Å². The van der Waals surface area contributed by atoms with Gasteiger partial charge in [-0.05, 0) is 68.6 Å². The molecule has 6 amide bonds. The first-order chi connectivity index (χ1) is 28.5. The molecule has 15 nitrogen and oxygen atoms in total. The average Bonchev–Trinajstić information content (AvgIpc) is 3.70. The summed E-state index contributed by atoms with van der Waals surface area (Å²) in [7, 11) is 4.07. The maximum absolute atomic E-state index is 14.5. The minimum absolute atomic E-state index is 0.0248. The number of aliphatic hydroxyl groups is 1. The fourth-order valence-corrected chi connectivity index (χ4v) is 9.59. The van der Waals surface area contributed by atoms with Crippen molar-refractivity contribution in [2.45, 2.75) is 155 Å². The van der Waals surface area contributed by atoms with Gasteiger partial charge in [0.2, 0.25) is 23.6 Å². The highest BCUT2D eigenvalue weighted by Crippen LogP contribution is 2.30. The van der Waals surface area contributed by atoms with Gasteiger partial charge < -0.3 is 50.0 Å². The van der Waals surface area contributed by atoms with E-state index in [1.54, 1.807) is 37.7 Å². The minimum atomic E-state index is -2.25. The second kappa shape index (κ2) is 24.9. The highest BCUT2D eigenvalue weighted by atomic mass is 28.4. The topological polar surface area (TPSA) is 190 Å². The van der Waals surface area contributed by atoms with Crippen molar-refractivity contribution in [3.05, 3.63) is 35.9 Å². The van der Waals surface area contributed by atoms with Crippen molar-refractivity contribution in [1.82, 2.24) is 30.7 Å². The Morgan fingerprint density at radius 3 is 2.05 bits per heavy atom. The third-order valence-corrected chi connectivity index (χ3v) is 13.9. The predicted molar refractivity (Wildman–Crippen MR) is 241 cm³/mol. The molecule has 1 aliphatic rings. The van der Waals surface area contributed by atoms with Crippen LogP contribution in [0, 0.1) is 23.7 Å².